The molecule has 122 valence electrons. The predicted molar refractivity (Wildman–Crippen MR) is 91.9 cm³/mol. The number of hydrogen-bond acceptors (Lipinski definition) is 6. The van der Waals surface area contributed by atoms with Gasteiger partial charge in [-0.3, -0.25) is 9.78 Å². The van der Waals surface area contributed by atoms with E-state index in [1.54, 1.807) is 30.5 Å². The Balaban J connectivity index is 1.52. The van der Waals surface area contributed by atoms with Crippen LogP contribution in [-0.2, 0) is 4.79 Å². The highest BCUT2D eigenvalue weighted by molar-refractivity contribution is 5.84. The molecular formula is C18H13N5O2. The number of para-hydroxylation sites is 2. The van der Waals surface area contributed by atoms with E-state index in [1.165, 1.54) is 6.21 Å². The molecule has 0 aliphatic rings. The third-order valence-corrected chi connectivity index (χ3v) is 3.21. The van der Waals surface area contributed by atoms with Gasteiger partial charge < -0.3 is 4.74 Å². The number of carbonyl (C=O) groups excluding carboxylic acids is 1. The van der Waals surface area contributed by atoms with E-state index < -0.39 is 5.91 Å². The SMILES string of the molecule is N#Cc1ccc(OCC(=O)N/N=C\c2cnc3ccccc3n2)cc1. The average molecular weight is 331 g/mol. The Kier molecular flexibility index (Phi) is 4.93. The van der Waals surface area contributed by atoms with Crippen molar-refractivity contribution in [2.45, 2.75) is 0 Å². The highest BCUT2D eigenvalue weighted by atomic mass is 16.5. The smallest absolute Gasteiger partial charge is 0.277 e. The second-order valence-electron chi connectivity index (χ2n) is 5.00. The van der Waals surface area contributed by atoms with E-state index >= 15 is 0 Å². The monoisotopic (exact) mass is 331 g/mol. The molecule has 0 radical (unpaired) electrons. The zero-order chi connectivity index (χ0) is 17.5. The molecule has 0 bridgehead atoms. The number of carbonyl (C=O) groups is 1. The van der Waals surface area contributed by atoms with Gasteiger partial charge in [0.1, 0.15) is 11.4 Å². The van der Waals surface area contributed by atoms with E-state index in [-0.39, 0.29) is 6.61 Å². The minimum absolute atomic E-state index is 0.188. The Morgan fingerprint density at radius 1 is 1.20 bits per heavy atom. The van der Waals surface area contributed by atoms with Crippen molar-refractivity contribution < 1.29 is 9.53 Å². The first-order valence-electron chi connectivity index (χ1n) is 7.41. The number of hydrazone groups is 1. The molecule has 1 aromatic heterocycles. The fourth-order valence-electron chi connectivity index (χ4n) is 2.01. The molecule has 7 heteroatoms. The summed E-state index contributed by atoms with van der Waals surface area (Å²) >= 11 is 0. The lowest BCUT2D eigenvalue weighted by molar-refractivity contribution is -0.123. The molecule has 0 fully saturated rings. The van der Waals surface area contributed by atoms with Crippen molar-refractivity contribution in [3.8, 4) is 11.8 Å². The molecule has 0 aliphatic carbocycles. The van der Waals surface area contributed by atoms with Gasteiger partial charge in [0.15, 0.2) is 6.61 Å². The van der Waals surface area contributed by atoms with Gasteiger partial charge >= 0.3 is 0 Å². The van der Waals surface area contributed by atoms with Crippen LogP contribution in [0.1, 0.15) is 11.3 Å². The van der Waals surface area contributed by atoms with E-state index in [1.807, 2.05) is 30.3 Å². The van der Waals surface area contributed by atoms with Crippen LogP contribution in [0.15, 0.2) is 59.8 Å². The first-order chi connectivity index (χ1) is 12.2. The number of nitriles is 1. The zero-order valence-electron chi connectivity index (χ0n) is 13.1. The van der Waals surface area contributed by atoms with Crippen molar-refractivity contribution in [3.05, 3.63) is 66.0 Å². The maximum Gasteiger partial charge on any atom is 0.277 e. The van der Waals surface area contributed by atoms with Crippen molar-refractivity contribution in [3.63, 3.8) is 0 Å². The summed E-state index contributed by atoms with van der Waals surface area (Å²) in [4.78, 5) is 20.3. The second-order valence-corrected chi connectivity index (χ2v) is 5.00. The van der Waals surface area contributed by atoms with Gasteiger partial charge in [-0.2, -0.15) is 10.4 Å². The van der Waals surface area contributed by atoms with Crippen LogP contribution in [0.3, 0.4) is 0 Å². The Bertz CT molecular complexity index is 961. The number of ether oxygens (including phenoxy) is 1. The second kappa shape index (κ2) is 7.66. The van der Waals surface area contributed by atoms with Crippen LogP contribution < -0.4 is 10.2 Å². The van der Waals surface area contributed by atoms with Crippen LogP contribution in [0.4, 0.5) is 0 Å². The summed E-state index contributed by atoms with van der Waals surface area (Å²) in [7, 11) is 0. The quantitative estimate of drug-likeness (QED) is 0.569. The van der Waals surface area contributed by atoms with E-state index in [4.69, 9.17) is 10.00 Å². The summed E-state index contributed by atoms with van der Waals surface area (Å²) in [6.45, 7) is -0.188. The predicted octanol–water partition coefficient (Wildman–Crippen LogP) is 2.03. The number of aromatic nitrogens is 2. The average Bonchev–Trinajstić information content (AvgIpc) is 2.66. The van der Waals surface area contributed by atoms with Crippen molar-refractivity contribution in [2.75, 3.05) is 6.61 Å². The minimum Gasteiger partial charge on any atom is -0.484 e. The van der Waals surface area contributed by atoms with Gasteiger partial charge in [-0.1, -0.05) is 12.1 Å². The molecular weight excluding hydrogens is 318 g/mol. The molecule has 7 nitrogen and oxygen atoms in total. The zero-order valence-corrected chi connectivity index (χ0v) is 13.1. The van der Waals surface area contributed by atoms with Crippen molar-refractivity contribution in [2.24, 2.45) is 5.10 Å². The molecule has 0 saturated heterocycles. The molecule has 0 atom stereocenters. The Labute approximate surface area is 143 Å². The van der Waals surface area contributed by atoms with Crippen molar-refractivity contribution in [1.29, 1.82) is 5.26 Å². The lowest BCUT2D eigenvalue weighted by atomic mass is 10.2. The van der Waals surface area contributed by atoms with Gasteiger partial charge in [0, 0.05) is 0 Å². The van der Waals surface area contributed by atoms with E-state index in [9.17, 15) is 4.79 Å². The molecule has 0 aliphatic heterocycles. The van der Waals surface area contributed by atoms with Crippen LogP contribution in [0.25, 0.3) is 11.0 Å². The summed E-state index contributed by atoms with van der Waals surface area (Å²) in [6, 6.07) is 16.0. The van der Waals surface area contributed by atoms with E-state index in [0.717, 1.165) is 11.0 Å². The topological polar surface area (TPSA) is 100 Å². The molecule has 1 heterocycles. The molecule has 25 heavy (non-hydrogen) atoms. The number of benzene rings is 2. The highest BCUT2D eigenvalue weighted by Crippen LogP contribution is 2.11. The molecule has 2 aromatic carbocycles. The van der Waals surface area contributed by atoms with Gasteiger partial charge in [0.25, 0.3) is 5.91 Å². The number of hydrogen-bond donors (Lipinski definition) is 1. The summed E-state index contributed by atoms with van der Waals surface area (Å²) in [5.41, 5.74) is 4.96. The third kappa shape index (κ3) is 4.36. The van der Waals surface area contributed by atoms with Crippen LogP contribution in [0, 0.1) is 11.3 Å². The lowest BCUT2D eigenvalue weighted by Crippen LogP contribution is -2.24. The third-order valence-electron chi connectivity index (χ3n) is 3.21. The number of fused-ring (bicyclic) bond motifs is 1. The van der Waals surface area contributed by atoms with Gasteiger partial charge in [0.2, 0.25) is 0 Å². The maximum atomic E-state index is 11.7. The molecule has 0 unspecified atom stereocenters. The van der Waals surface area contributed by atoms with Crippen LogP contribution >= 0.6 is 0 Å². The number of nitrogens with one attached hydrogen (secondary N) is 1. The van der Waals surface area contributed by atoms with E-state index in [0.29, 0.717) is 17.0 Å². The molecule has 1 N–H and O–H groups in total. The Morgan fingerprint density at radius 3 is 2.72 bits per heavy atom. The standard InChI is InChI=1S/C18H13N5O2/c19-9-13-5-7-15(8-6-13)25-12-18(24)23-21-11-14-10-20-16-3-1-2-4-17(16)22-14/h1-8,10-11H,12H2,(H,23,24)/b21-11-. The first kappa shape index (κ1) is 16.1. The minimum atomic E-state index is -0.408. The highest BCUT2D eigenvalue weighted by Gasteiger charge is 2.02. The molecule has 0 saturated carbocycles. The Hall–Kier alpha value is -3.79. The maximum absolute atomic E-state index is 11.7. The lowest BCUT2D eigenvalue weighted by Gasteiger charge is -2.04. The largest absolute Gasteiger partial charge is 0.484 e. The number of nitrogens with zero attached hydrogens (tertiary/aromatic N) is 4. The molecule has 3 aromatic rings. The van der Waals surface area contributed by atoms with Gasteiger partial charge in [-0.15, -0.1) is 0 Å². The fraction of sp³-hybridized carbons (Fsp3) is 0.0556. The van der Waals surface area contributed by atoms with E-state index in [2.05, 4.69) is 20.5 Å². The van der Waals surface area contributed by atoms with Crippen molar-refractivity contribution >= 4 is 23.2 Å². The first-order valence-corrected chi connectivity index (χ1v) is 7.41. The summed E-state index contributed by atoms with van der Waals surface area (Å²) in [6.07, 6.45) is 2.99. The molecule has 0 spiro atoms. The fourth-order valence-corrected chi connectivity index (χ4v) is 2.01. The number of amides is 1. The summed E-state index contributed by atoms with van der Waals surface area (Å²) in [5, 5.41) is 12.6. The van der Waals surface area contributed by atoms with Crippen LogP contribution in [0.5, 0.6) is 5.75 Å². The van der Waals surface area contributed by atoms with Gasteiger partial charge in [-0.05, 0) is 36.4 Å². The Morgan fingerprint density at radius 2 is 1.96 bits per heavy atom. The molecule has 3 rings (SSSR count). The molecule has 1 amide bonds. The summed E-state index contributed by atoms with van der Waals surface area (Å²) < 4.78 is 5.30. The normalized spacial score (nSPS) is 10.5. The van der Waals surface area contributed by atoms with Crippen LogP contribution in [0.2, 0.25) is 0 Å². The summed E-state index contributed by atoms with van der Waals surface area (Å²) in [5.74, 6) is 0.0906. The van der Waals surface area contributed by atoms with Crippen molar-refractivity contribution in [1.82, 2.24) is 15.4 Å². The van der Waals surface area contributed by atoms with Gasteiger partial charge in [-0.25, -0.2) is 10.4 Å². The van der Waals surface area contributed by atoms with Gasteiger partial charge in [0.05, 0.1) is 35.1 Å². The number of rotatable bonds is 5. The van der Waals surface area contributed by atoms with Crippen LogP contribution in [-0.4, -0.2) is 28.7 Å².